The molecule has 1 aromatic carbocycles. The van der Waals surface area contributed by atoms with Crippen LogP contribution < -0.4 is 0 Å². The lowest BCUT2D eigenvalue weighted by molar-refractivity contribution is -0.143. The topological polar surface area (TPSA) is 75.9 Å². The van der Waals surface area contributed by atoms with Gasteiger partial charge in [0, 0.05) is 19.7 Å². The standard InChI is InChI=1S/C21H20FN3O4/c1-24(11-15-7-9-23-29-15)19(26)17-16-6-8-21(28-16)12-25(20(27)18(17)21)10-13-2-4-14(22)5-3-13/h2-9,16-18H,10-12H2,1H3/t16-,17+,18-,21-/m0/s1. The van der Waals surface area contributed by atoms with Crippen molar-refractivity contribution in [3.63, 3.8) is 0 Å². The van der Waals surface area contributed by atoms with Crippen molar-refractivity contribution in [1.29, 1.82) is 0 Å². The van der Waals surface area contributed by atoms with Crippen LogP contribution in [0.4, 0.5) is 4.39 Å². The largest absolute Gasteiger partial charge is 0.360 e. The Bertz CT molecular complexity index is 974. The zero-order valence-electron chi connectivity index (χ0n) is 15.8. The van der Waals surface area contributed by atoms with Crippen LogP contribution in [0.1, 0.15) is 11.3 Å². The van der Waals surface area contributed by atoms with Crippen LogP contribution in [0.5, 0.6) is 0 Å². The average molecular weight is 397 g/mol. The molecule has 150 valence electrons. The number of fused-ring (bicyclic) bond motifs is 1. The number of hydrogen-bond donors (Lipinski definition) is 0. The van der Waals surface area contributed by atoms with Crippen LogP contribution in [0.3, 0.4) is 0 Å². The number of amides is 2. The quantitative estimate of drug-likeness (QED) is 0.719. The van der Waals surface area contributed by atoms with Gasteiger partial charge >= 0.3 is 0 Å². The summed E-state index contributed by atoms with van der Waals surface area (Å²) in [6.45, 7) is 1.02. The second-order valence-corrected chi connectivity index (χ2v) is 7.89. The smallest absolute Gasteiger partial charge is 0.230 e. The van der Waals surface area contributed by atoms with Gasteiger partial charge in [0.1, 0.15) is 11.4 Å². The fraction of sp³-hybridized carbons (Fsp3) is 0.381. The van der Waals surface area contributed by atoms with Crippen LogP contribution in [0.2, 0.25) is 0 Å². The second-order valence-electron chi connectivity index (χ2n) is 7.89. The van der Waals surface area contributed by atoms with Gasteiger partial charge in [0.15, 0.2) is 5.76 Å². The molecule has 2 bridgehead atoms. The molecular weight excluding hydrogens is 377 g/mol. The van der Waals surface area contributed by atoms with E-state index in [0.29, 0.717) is 18.8 Å². The number of rotatable bonds is 5. The normalized spacial score (nSPS) is 29.5. The molecule has 0 N–H and O–H groups in total. The summed E-state index contributed by atoms with van der Waals surface area (Å²) in [5, 5.41) is 3.66. The minimum absolute atomic E-state index is 0.104. The minimum atomic E-state index is -0.769. The van der Waals surface area contributed by atoms with Crippen molar-refractivity contribution in [3.8, 4) is 0 Å². The van der Waals surface area contributed by atoms with Crippen LogP contribution in [-0.2, 0) is 27.4 Å². The van der Waals surface area contributed by atoms with Crippen LogP contribution in [-0.4, -0.2) is 52.1 Å². The molecule has 0 saturated carbocycles. The van der Waals surface area contributed by atoms with E-state index < -0.39 is 23.5 Å². The van der Waals surface area contributed by atoms with Crippen LogP contribution in [0.15, 0.2) is 53.2 Å². The van der Waals surface area contributed by atoms with Crippen molar-refractivity contribution in [2.45, 2.75) is 24.8 Å². The Morgan fingerprint density at radius 2 is 2.14 bits per heavy atom. The van der Waals surface area contributed by atoms with Crippen molar-refractivity contribution in [2.24, 2.45) is 11.8 Å². The lowest BCUT2D eigenvalue weighted by Gasteiger charge is -2.27. The average Bonchev–Trinajstić information content (AvgIpc) is 3.46. The van der Waals surface area contributed by atoms with Gasteiger partial charge in [0.2, 0.25) is 11.8 Å². The van der Waals surface area contributed by atoms with E-state index >= 15 is 0 Å². The molecule has 4 atom stereocenters. The monoisotopic (exact) mass is 397 g/mol. The van der Waals surface area contributed by atoms with Gasteiger partial charge in [-0.2, -0.15) is 0 Å². The predicted octanol–water partition coefficient (Wildman–Crippen LogP) is 1.75. The lowest BCUT2D eigenvalue weighted by atomic mass is 9.76. The second kappa shape index (κ2) is 6.52. The van der Waals surface area contributed by atoms with Crippen molar-refractivity contribution in [3.05, 3.63) is 65.8 Å². The highest BCUT2D eigenvalue weighted by atomic mass is 19.1. The summed E-state index contributed by atoms with van der Waals surface area (Å²) in [6.07, 6.45) is 4.93. The number of hydrogen-bond acceptors (Lipinski definition) is 5. The molecule has 0 aliphatic carbocycles. The van der Waals surface area contributed by atoms with Gasteiger partial charge < -0.3 is 19.1 Å². The van der Waals surface area contributed by atoms with E-state index in [2.05, 4.69) is 5.16 Å². The fourth-order valence-corrected chi connectivity index (χ4v) is 4.69. The highest BCUT2D eigenvalue weighted by molar-refractivity contribution is 5.93. The molecule has 4 heterocycles. The molecule has 1 aromatic heterocycles. The first-order chi connectivity index (χ1) is 14.0. The molecule has 1 spiro atoms. The maximum Gasteiger partial charge on any atom is 0.230 e. The molecule has 2 saturated heterocycles. The molecule has 5 rings (SSSR count). The van der Waals surface area contributed by atoms with Crippen molar-refractivity contribution >= 4 is 11.8 Å². The Morgan fingerprint density at radius 3 is 2.86 bits per heavy atom. The number of halogens is 1. The molecule has 0 radical (unpaired) electrons. The van der Waals surface area contributed by atoms with Gasteiger partial charge in [-0.25, -0.2) is 4.39 Å². The maximum atomic E-state index is 13.2. The number of aromatic nitrogens is 1. The van der Waals surface area contributed by atoms with Crippen molar-refractivity contribution in [2.75, 3.05) is 13.6 Å². The first kappa shape index (κ1) is 18.1. The molecule has 2 aromatic rings. The van der Waals surface area contributed by atoms with Gasteiger partial charge in [-0.15, -0.1) is 0 Å². The van der Waals surface area contributed by atoms with Crippen molar-refractivity contribution < 1.29 is 23.2 Å². The maximum absolute atomic E-state index is 13.2. The van der Waals surface area contributed by atoms with Gasteiger partial charge in [-0.3, -0.25) is 9.59 Å². The highest BCUT2D eigenvalue weighted by Crippen LogP contribution is 2.52. The Kier molecular flexibility index (Phi) is 4.06. The third-order valence-electron chi connectivity index (χ3n) is 6.01. The van der Waals surface area contributed by atoms with Gasteiger partial charge in [-0.1, -0.05) is 29.4 Å². The number of carbonyl (C=O) groups excluding carboxylic acids is 2. The van der Waals surface area contributed by atoms with Gasteiger partial charge in [0.25, 0.3) is 0 Å². The highest BCUT2D eigenvalue weighted by Gasteiger charge is 2.67. The Balaban J connectivity index is 1.36. The summed E-state index contributed by atoms with van der Waals surface area (Å²) in [5.41, 5.74) is 0.0646. The first-order valence-electron chi connectivity index (χ1n) is 9.52. The number of ether oxygens (including phenoxy) is 1. The molecule has 7 nitrogen and oxygen atoms in total. The molecule has 8 heteroatoms. The van der Waals surface area contributed by atoms with Gasteiger partial charge in [-0.05, 0) is 17.7 Å². The van der Waals surface area contributed by atoms with E-state index in [-0.39, 0.29) is 24.2 Å². The molecule has 2 fully saturated rings. The predicted molar refractivity (Wildman–Crippen MR) is 98.5 cm³/mol. The molecule has 3 aliphatic rings. The minimum Gasteiger partial charge on any atom is -0.360 e. The van der Waals surface area contributed by atoms with Crippen LogP contribution >= 0.6 is 0 Å². The summed E-state index contributed by atoms with van der Waals surface area (Å²) in [5.74, 6) is -1.12. The summed E-state index contributed by atoms with van der Waals surface area (Å²) in [4.78, 5) is 29.7. The summed E-state index contributed by atoms with van der Waals surface area (Å²) in [6, 6.07) is 7.78. The number of nitrogens with zero attached hydrogens (tertiary/aromatic N) is 3. The molecule has 29 heavy (non-hydrogen) atoms. The van der Waals surface area contributed by atoms with E-state index in [9.17, 15) is 14.0 Å². The molecule has 2 amide bonds. The third kappa shape index (κ3) is 2.86. The Hall–Kier alpha value is -3.00. The molecule has 0 unspecified atom stereocenters. The summed E-state index contributed by atoms with van der Waals surface area (Å²) < 4.78 is 24.4. The molecule has 3 aliphatic heterocycles. The van der Waals surface area contributed by atoms with Gasteiger partial charge in [0.05, 0.1) is 37.2 Å². The van der Waals surface area contributed by atoms with Crippen LogP contribution in [0.25, 0.3) is 0 Å². The zero-order chi connectivity index (χ0) is 20.2. The Labute approximate surface area is 166 Å². The van der Waals surface area contributed by atoms with E-state index in [1.165, 1.54) is 18.3 Å². The third-order valence-corrected chi connectivity index (χ3v) is 6.01. The number of likely N-dealkylation sites (tertiary alicyclic amines) is 1. The summed E-state index contributed by atoms with van der Waals surface area (Å²) in [7, 11) is 1.68. The number of carbonyl (C=O) groups is 2. The molecular formula is C21H20FN3O4. The van der Waals surface area contributed by atoms with E-state index in [0.717, 1.165) is 5.56 Å². The lowest BCUT2D eigenvalue weighted by Crippen LogP contribution is -2.44. The first-order valence-corrected chi connectivity index (χ1v) is 9.52. The van der Waals surface area contributed by atoms with E-state index in [1.807, 2.05) is 12.2 Å². The van der Waals surface area contributed by atoms with Crippen LogP contribution in [0, 0.1) is 17.7 Å². The summed E-state index contributed by atoms with van der Waals surface area (Å²) >= 11 is 0. The van der Waals surface area contributed by atoms with E-state index in [1.54, 1.807) is 35.0 Å². The van der Waals surface area contributed by atoms with E-state index in [4.69, 9.17) is 9.26 Å². The zero-order valence-corrected chi connectivity index (χ0v) is 15.8. The number of benzene rings is 1. The Morgan fingerprint density at radius 1 is 1.34 bits per heavy atom. The fourth-order valence-electron chi connectivity index (χ4n) is 4.69. The SMILES string of the molecule is CN(Cc1ccno1)C(=O)[C@@H]1[C@@H]2C=C[C@@]3(CN(Cc4ccc(F)cc4)C(=O)[C@H]13)O2. The van der Waals surface area contributed by atoms with Crippen molar-refractivity contribution in [1.82, 2.24) is 15.0 Å².